The van der Waals surface area contributed by atoms with Crippen molar-refractivity contribution in [2.75, 3.05) is 25.0 Å². The third-order valence-corrected chi connectivity index (χ3v) is 4.60. The number of benzene rings is 1. The maximum atomic E-state index is 13.2. The van der Waals surface area contributed by atoms with Crippen molar-refractivity contribution in [3.8, 4) is 5.88 Å². The molecule has 6 nitrogen and oxygen atoms in total. The van der Waals surface area contributed by atoms with Gasteiger partial charge in [0.05, 0.1) is 17.8 Å². The van der Waals surface area contributed by atoms with Gasteiger partial charge in [-0.1, -0.05) is 12.1 Å². The summed E-state index contributed by atoms with van der Waals surface area (Å²) in [5.41, 5.74) is 2.69. The summed E-state index contributed by atoms with van der Waals surface area (Å²) in [6.07, 6.45) is -0.0236. The van der Waals surface area contributed by atoms with Gasteiger partial charge in [-0.15, -0.1) is 0 Å². The third kappa shape index (κ3) is 3.22. The van der Waals surface area contributed by atoms with Crippen LogP contribution in [0, 0.1) is 5.82 Å². The highest BCUT2D eigenvalue weighted by molar-refractivity contribution is 5.95. The predicted molar refractivity (Wildman–Crippen MR) is 93.9 cm³/mol. The van der Waals surface area contributed by atoms with Crippen molar-refractivity contribution >= 4 is 11.6 Å². The van der Waals surface area contributed by atoms with Gasteiger partial charge in [-0.25, -0.2) is 9.37 Å². The van der Waals surface area contributed by atoms with Crippen molar-refractivity contribution in [2.45, 2.75) is 25.5 Å². The predicted octanol–water partition coefficient (Wildman–Crippen LogP) is 1.82. The first kappa shape index (κ1) is 16.8. The average molecular weight is 357 g/mol. The molecule has 0 bridgehead atoms. The van der Waals surface area contributed by atoms with Gasteiger partial charge in [0.2, 0.25) is 5.88 Å². The maximum absolute atomic E-state index is 13.2. The maximum Gasteiger partial charge on any atom is 0.273 e. The first-order chi connectivity index (χ1) is 12.5. The number of nitrogens with zero attached hydrogens (tertiary/aromatic N) is 2. The Morgan fingerprint density at radius 3 is 2.81 bits per heavy atom. The second-order valence-electron chi connectivity index (χ2n) is 6.87. The minimum atomic E-state index is -0.476. The normalized spacial score (nSPS) is 19.2. The van der Waals surface area contributed by atoms with Gasteiger partial charge in [0, 0.05) is 13.1 Å². The molecule has 1 unspecified atom stereocenters. The van der Waals surface area contributed by atoms with E-state index in [9.17, 15) is 14.3 Å². The highest BCUT2D eigenvalue weighted by Crippen LogP contribution is 2.31. The number of hydrogen-bond donors (Lipinski definition) is 2. The molecule has 1 aromatic heterocycles. The van der Waals surface area contributed by atoms with Crippen LogP contribution in [0.2, 0.25) is 0 Å². The van der Waals surface area contributed by atoms with Gasteiger partial charge >= 0.3 is 0 Å². The van der Waals surface area contributed by atoms with Crippen LogP contribution in [-0.4, -0.2) is 52.7 Å². The van der Waals surface area contributed by atoms with E-state index in [1.54, 1.807) is 17.0 Å². The number of rotatable bonds is 3. The van der Waals surface area contributed by atoms with Crippen molar-refractivity contribution in [3.05, 3.63) is 53.0 Å². The monoisotopic (exact) mass is 357 g/mol. The third-order valence-electron chi connectivity index (χ3n) is 4.60. The van der Waals surface area contributed by atoms with E-state index in [0.29, 0.717) is 37.7 Å². The van der Waals surface area contributed by atoms with Gasteiger partial charge in [0.15, 0.2) is 0 Å². The van der Waals surface area contributed by atoms with Crippen LogP contribution in [0.1, 0.15) is 28.5 Å². The van der Waals surface area contributed by atoms with Crippen molar-refractivity contribution in [2.24, 2.45) is 0 Å². The lowest BCUT2D eigenvalue weighted by Gasteiger charge is -2.36. The van der Waals surface area contributed by atoms with E-state index in [0.717, 1.165) is 16.8 Å². The second-order valence-corrected chi connectivity index (χ2v) is 6.87. The van der Waals surface area contributed by atoms with E-state index in [-0.39, 0.29) is 17.8 Å². The molecular weight excluding hydrogens is 337 g/mol. The highest BCUT2D eigenvalue weighted by atomic mass is 19.1. The molecule has 1 aromatic carbocycles. The Morgan fingerprint density at radius 2 is 2.12 bits per heavy atom. The minimum Gasteiger partial charge on any atom is -0.474 e. The number of amides is 1. The Morgan fingerprint density at radius 1 is 1.38 bits per heavy atom. The van der Waals surface area contributed by atoms with Crippen molar-refractivity contribution < 1.29 is 19.0 Å². The lowest BCUT2D eigenvalue weighted by molar-refractivity contribution is 0.00537. The molecule has 1 fully saturated rings. The van der Waals surface area contributed by atoms with Gasteiger partial charge in [-0.2, -0.15) is 0 Å². The van der Waals surface area contributed by atoms with E-state index in [1.165, 1.54) is 12.1 Å². The van der Waals surface area contributed by atoms with Gasteiger partial charge < -0.3 is 20.1 Å². The summed E-state index contributed by atoms with van der Waals surface area (Å²) in [7, 11) is 0. The minimum absolute atomic E-state index is 0.148. The molecule has 1 saturated heterocycles. The zero-order valence-corrected chi connectivity index (χ0v) is 14.4. The molecule has 0 spiro atoms. The molecule has 0 aliphatic carbocycles. The van der Waals surface area contributed by atoms with Crippen LogP contribution < -0.4 is 10.1 Å². The quantitative estimate of drug-likeness (QED) is 0.877. The number of aromatic nitrogens is 1. The molecule has 4 rings (SSSR count). The Labute approximate surface area is 150 Å². The largest absolute Gasteiger partial charge is 0.474 e. The Kier molecular flexibility index (Phi) is 4.24. The van der Waals surface area contributed by atoms with E-state index in [2.05, 4.69) is 10.3 Å². The summed E-state index contributed by atoms with van der Waals surface area (Å²) in [5, 5.41) is 12.8. The average Bonchev–Trinajstić information content (AvgIpc) is 2.60. The zero-order chi connectivity index (χ0) is 18.3. The SMILES string of the molecule is CC1COc2nc(C(=O)N3CC(O)C3)c(Cc3ccc(F)cc3)cc2N1. The van der Waals surface area contributed by atoms with Gasteiger partial charge in [-0.05, 0) is 42.7 Å². The molecule has 136 valence electrons. The second kappa shape index (κ2) is 6.57. The van der Waals surface area contributed by atoms with E-state index >= 15 is 0 Å². The lowest BCUT2D eigenvalue weighted by Crippen LogP contribution is -2.53. The van der Waals surface area contributed by atoms with Crippen molar-refractivity contribution in [1.29, 1.82) is 0 Å². The van der Waals surface area contributed by atoms with Gasteiger partial charge in [0.25, 0.3) is 5.91 Å². The van der Waals surface area contributed by atoms with Crippen LogP contribution in [-0.2, 0) is 6.42 Å². The van der Waals surface area contributed by atoms with E-state index in [1.807, 2.05) is 13.0 Å². The fourth-order valence-corrected chi connectivity index (χ4v) is 3.18. The molecule has 2 N–H and O–H groups in total. The Balaban J connectivity index is 1.70. The zero-order valence-electron chi connectivity index (χ0n) is 14.4. The number of halogens is 1. The van der Waals surface area contributed by atoms with Crippen molar-refractivity contribution in [3.63, 3.8) is 0 Å². The molecule has 2 aliphatic rings. The standard InChI is InChI=1S/C19H20FN3O3/c1-11-10-26-18-16(21-11)7-13(6-12-2-4-14(20)5-3-12)17(22-18)19(25)23-8-15(24)9-23/h2-5,7,11,15,21,24H,6,8-10H2,1H3. The van der Waals surface area contributed by atoms with Crippen LogP contribution in [0.3, 0.4) is 0 Å². The van der Waals surface area contributed by atoms with Crippen LogP contribution in [0.5, 0.6) is 5.88 Å². The molecule has 0 radical (unpaired) electrons. The summed E-state index contributed by atoms with van der Waals surface area (Å²) in [4.78, 5) is 18.8. The molecular formula is C19H20FN3O3. The molecule has 2 aromatic rings. The molecule has 0 saturated carbocycles. The number of likely N-dealkylation sites (tertiary alicyclic amines) is 1. The summed E-state index contributed by atoms with van der Waals surface area (Å²) in [6, 6.07) is 8.22. The summed E-state index contributed by atoms with van der Waals surface area (Å²) >= 11 is 0. The number of hydrogen-bond acceptors (Lipinski definition) is 5. The number of ether oxygens (including phenoxy) is 1. The molecule has 2 aliphatic heterocycles. The molecule has 1 atom stereocenters. The Bertz CT molecular complexity index is 835. The summed E-state index contributed by atoms with van der Waals surface area (Å²) in [6.45, 7) is 3.10. The summed E-state index contributed by atoms with van der Waals surface area (Å²) < 4.78 is 18.8. The smallest absolute Gasteiger partial charge is 0.273 e. The van der Waals surface area contributed by atoms with Crippen molar-refractivity contribution in [1.82, 2.24) is 9.88 Å². The first-order valence-electron chi connectivity index (χ1n) is 8.64. The fourth-order valence-electron chi connectivity index (χ4n) is 3.18. The number of aliphatic hydroxyl groups excluding tert-OH is 1. The fraction of sp³-hybridized carbons (Fsp3) is 0.368. The molecule has 26 heavy (non-hydrogen) atoms. The number of fused-ring (bicyclic) bond motifs is 1. The molecule has 1 amide bonds. The van der Waals surface area contributed by atoms with Gasteiger partial charge in [-0.3, -0.25) is 4.79 Å². The number of aliphatic hydroxyl groups is 1. The number of β-amino-alcohol motifs (C(OH)–C–C–N with tert-alkyl or cyclic N) is 1. The van der Waals surface area contributed by atoms with E-state index < -0.39 is 6.10 Å². The van der Waals surface area contributed by atoms with E-state index in [4.69, 9.17) is 4.74 Å². The van der Waals surface area contributed by atoms with Crippen LogP contribution in [0.15, 0.2) is 30.3 Å². The van der Waals surface area contributed by atoms with Crippen LogP contribution >= 0.6 is 0 Å². The first-order valence-corrected chi connectivity index (χ1v) is 8.64. The highest BCUT2D eigenvalue weighted by Gasteiger charge is 2.32. The number of carbonyl (C=O) groups excluding carboxylic acids is 1. The Hall–Kier alpha value is -2.67. The number of anilines is 1. The number of pyridine rings is 1. The summed E-state index contributed by atoms with van der Waals surface area (Å²) in [5.74, 6) is -0.111. The number of carbonyl (C=O) groups is 1. The molecule has 7 heteroatoms. The van der Waals surface area contributed by atoms with Crippen LogP contribution in [0.25, 0.3) is 0 Å². The molecule has 3 heterocycles. The van der Waals surface area contributed by atoms with Crippen LogP contribution in [0.4, 0.5) is 10.1 Å². The van der Waals surface area contributed by atoms with Gasteiger partial charge in [0.1, 0.15) is 18.1 Å². The topological polar surface area (TPSA) is 74.7 Å². The number of nitrogens with one attached hydrogen (secondary N) is 1. The lowest BCUT2D eigenvalue weighted by atomic mass is 10.0.